The molecule has 17 heavy (non-hydrogen) atoms. The van der Waals surface area contributed by atoms with E-state index in [9.17, 15) is 18.5 Å². The van der Waals surface area contributed by atoms with Crippen LogP contribution in [-0.2, 0) is 9.05 Å². The zero-order valence-electron chi connectivity index (χ0n) is 8.71. The molecule has 0 aliphatic carbocycles. The fourth-order valence-electron chi connectivity index (χ4n) is 1.11. The first-order valence-electron chi connectivity index (χ1n) is 4.68. The minimum absolute atomic E-state index is 0.0764. The van der Waals surface area contributed by atoms with Gasteiger partial charge in [0.05, 0.1) is 23.3 Å². The number of benzene rings is 1. The van der Waals surface area contributed by atoms with E-state index < -0.39 is 14.0 Å². The lowest BCUT2D eigenvalue weighted by molar-refractivity contribution is -0.384. The van der Waals surface area contributed by atoms with Crippen LogP contribution >= 0.6 is 10.7 Å². The lowest BCUT2D eigenvalue weighted by Crippen LogP contribution is -2.04. The van der Waals surface area contributed by atoms with E-state index in [1.165, 1.54) is 18.2 Å². The van der Waals surface area contributed by atoms with E-state index in [2.05, 4.69) is 0 Å². The van der Waals surface area contributed by atoms with Gasteiger partial charge in [0.1, 0.15) is 5.75 Å². The molecular weight excluding hydrogens is 270 g/mol. The number of hydrogen-bond acceptors (Lipinski definition) is 5. The summed E-state index contributed by atoms with van der Waals surface area (Å²) in [6, 6.07) is 5.67. The van der Waals surface area contributed by atoms with E-state index in [1.54, 1.807) is 6.07 Å². The molecule has 0 unspecified atom stereocenters. The number of nitro benzene ring substituents is 1. The minimum atomic E-state index is -3.52. The molecule has 0 radical (unpaired) electrons. The Kier molecular flexibility index (Phi) is 4.71. The molecule has 0 N–H and O–H groups in total. The maximum absolute atomic E-state index is 10.6. The predicted octanol–water partition coefficient (Wildman–Crippen LogP) is 1.93. The summed E-state index contributed by atoms with van der Waals surface area (Å²) < 4.78 is 26.4. The molecule has 0 aliphatic heterocycles. The van der Waals surface area contributed by atoms with Gasteiger partial charge < -0.3 is 4.74 Å². The summed E-state index contributed by atoms with van der Waals surface area (Å²) in [4.78, 5) is 9.94. The molecule has 0 heterocycles. The fourth-order valence-corrected chi connectivity index (χ4v) is 1.90. The van der Waals surface area contributed by atoms with Crippen molar-refractivity contribution in [3.05, 3.63) is 34.4 Å². The second-order valence-electron chi connectivity index (χ2n) is 3.20. The van der Waals surface area contributed by atoms with Crippen molar-refractivity contribution < 1.29 is 18.1 Å². The van der Waals surface area contributed by atoms with Crippen LogP contribution in [0.3, 0.4) is 0 Å². The molecule has 0 saturated carbocycles. The standard InChI is InChI=1S/C9H10ClNO5S/c10-17(14,15)6-2-5-16-9-4-1-3-8(7-9)11(12)13/h1,3-4,7H,2,5-6H2. The topological polar surface area (TPSA) is 86.5 Å². The first-order chi connectivity index (χ1) is 7.88. The van der Waals surface area contributed by atoms with E-state index in [0.29, 0.717) is 5.75 Å². The summed E-state index contributed by atoms with van der Waals surface area (Å²) in [6.45, 7) is 0.132. The third-order valence-corrected chi connectivity index (χ3v) is 3.07. The Morgan fingerprint density at radius 2 is 2.12 bits per heavy atom. The van der Waals surface area contributed by atoms with Crippen molar-refractivity contribution in [3.63, 3.8) is 0 Å². The number of hydrogen-bond donors (Lipinski definition) is 0. The Labute approximate surface area is 103 Å². The highest BCUT2D eigenvalue weighted by Gasteiger charge is 2.07. The summed E-state index contributed by atoms with van der Waals surface area (Å²) in [5.41, 5.74) is -0.0764. The smallest absolute Gasteiger partial charge is 0.273 e. The van der Waals surface area contributed by atoms with Crippen LogP contribution in [0.25, 0.3) is 0 Å². The second kappa shape index (κ2) is 5.83. The third-order valence-electron chi connectivity index (χ3n) is 1.83. The average molecular weight is 280 g/mol. The van der Waals surface area contributed by atoms with Gasteiger partial charge in [0.2, 0.25) is 9.05 Å². The van der Waals surface area contributed by atoms with E-state index in [1.807, 2.05) is 0 Å². The SMILES string of the molecule is O=[N+]([O-])c1cccc(OCCCS(=O)(=O)Cl)c1. The van der Waals surface area contributed by atoms with Gasteiger partial charge >= 0.3 is 0 Å². The van der Waals surface area contributed by atoms with Crippen molar-refractivity contribution in [2.24, 2.45) is 0 Å². The predicted molar refractivity (Wildman–Crippen MR) is 62.8 cm³/mol. The minimum Gasteiger partial charge on any atom is -0.493 e. The van der Waals surface area contributed by atoms with Crippen LogP contribution < -0.4 is 4.74 Å². The molecule has 0 fully saturated rings. The van der Waals surface area contributed by atoms with Gasteiger partial charge in [-0.25, -0.2) is 8.42 Å². The van der Waals surface area contributed by atoms with E-state index in [0.717, 1.165) is 0 Å². The molecule has 6 nitrogen and oxygen atoms in total. The second-order valence-corrected chi connectivity index (χ2v) is 6.10. The molecule has 0 aromatic heterocycles. The molecule has 94 valence electrons. The van der Waals surface area contributed by atoms with Crippen molar-refractivity contribution in [1.29, 1.82) is 0 Å². The van der Waals surface area contributed by atoms with Gasteiger partial charge in [0, 0.05) is 16.7 Å². The van der Waals surface area contributed by atoms with Gasteiger partial charge in [-0.05, 0) is 12.5 Å². The lowest BCUT2D eigenvalue weighted by Gasteiger charge is -2.04. The first kappa shape index (κ1) is 13.7. The number of halogens is 1. The van der Waals surface area contributed by atoms with Crippen LogP contribution in [0.4, 0.5) is 5.69 Å². The summed E-state index contributed by atoms with van der Waals surface area (Å²) in [7, 11) is 1.49. The number of rotatable bonds is 6. The van der Waals surface area contributed by atoms with Crippen LogP contribution in [0, 0.1) is 10.1 Å². The lowest BCUT2D eigenvalue weighted by atomic mass is 10.3. The molecule has 0 aliphatic rings. The van der Waals surface area contributed by atoms with Crippen molar-refractivity contribution in [2.45, 2.75) is 6.42 Å². The molecule has 0 saturated heterocycles. The van der Waals surface area contributed by atoms with Crippen LogP contribution in [0.5, 0.6) is 5.75 Å². The number of nitrogens with zero attached hydrogens (tertiary/aromatic N) is 1. The molecule has 0 spiro atoms. The number of nitro groups is 1. The van der Waals surface area contributed by atoms with Crippen LogP contribution in [0.15, 0.2) is 24.3 Å². The zero-order valence-corrected chi connectivity index (χ0v) is 10.3. The molecular formula is C9H10ClNO5S. The highest BCUT2D eigenvalue weighted by molar-refractivity contribution is 8.13. The Balaban J connectivity index is 2.47. The zero-order chi connectivity index (χ0) is 12.9. The molecule has 0 bridgehead atoms. The highest BCUT2D eigenvalue weighted by atomic mass is 35.7. The summed E-state index contributed by atoms with van der Waals surface area (Å²) in [5, 5.41) is 10.5. The van der Waals surface area contributed by atoms with Gasteiger partial charge in [-0.15, -0.1) is 0 Å². The highest BCUT2D eigenvalue weighted by Crippen LogP contribution is 2.19. The van der Waals surface area contributed by atoms with Crippen LogP contribution in [-0.4, -0.2) is 25.7 Å². The van der Waals surface area contributed by atoms with E-state index in [-0.39, 0.29) is 24.5 Å². The van der Waals surface area contributed by atoms with Gasteiger partial charge in [0.25, 0.3) is 5.69 Å². The molecule has 8 heteroatoms. The Hall–Kier alpha value is -1.34. The summed E-state index contributed by atoms with van der Waals surface area (Å²) in [5.74, 6) is 0.134. The van der Waals surface area contributed by atoms with Crippen molar-refractivity contribution in [2.75, 3.05) is 12.4 Å². The number of non-ortho nitro benzene ring substituents is 1. The molecule has 1 rings (SSSR count). The molecule has 1 aromatic rings. The molecule has 0 amide bonds. The van der Waals surface area contributed by atoms with Crippen LogP contribution in [0.2, 0.25) is 0 Å². The van der Waals surface area contributed by atoms with Gasteiger partial charge in [-0.1, -0.05) is 6.07 Å². The maximum Gasteiger partial charge on any atom is 0.273 e. The Morgan fingerprint density at radius 1 is 1.41 bits per heavy atom. The maximum atomic E-state index is 10.6. The van der Waals surface area contributed by atoms with Gasteiger partial charge in [-0.3, -0.25) is 10.1 Å². The van der Waals surface area contributed by atoms with Gasteiger partial charge in [0.15, 0.2) is 0 Å². The quantitative estimate of drug-likeness (QED) is 0.344. The fraction of sp³-hybridized carbons (Fsp3) is 0.333. The monoisotopic (exact) mass is 279 g/mol. The van der Waals surface area contributed by atoms with Crippen LogP contribution in [0.1, 0.15) is 6.42 Å². The van der Waals surface area contributed by atoms with E-state index >= 15 is 0 Å². The average Bonchev–Trinajstić information content (AvgIpc) is 2.23. The Morgan fingerprint density at radius 3 is 2.71 bits per heavy atom. The van der Waals surface area contributed by atoms with Gasteiger partial charge in [-0.2, -0.15) is 0 Å². The normalized spacial score (nSPS) is 11.1. The largest absolute Gasteiger partial charge is 0.493 e. The van der Waals surface area contributed by atoms with Crippen molar-refractivity contribution in [3.8, 4) is 5.75 Å². The van der Waals surface area contributed by atoms with E-state index in [4.69, 9.17) is 15.4 Å². The molecule has 1 aromatic carbocycles. The number of ether oxygens (including phenoxy) is 1. The molecule has 0 atom stereocenters. The first-order valence-corrected chi connectivity index (χ1v) is 7.16. The summed E-state index contributed by atoms with van der Waals surface area (Å²) >= 11 is 0. The summed E-state index contributed by atoms with van der Waals surface area (Å²) in [6.07, 6.45) is 0.231. The third kappa shape index (κ3) is 5.50. The Bertz CT molecular complexity index is 502. The van der Waals surface area contributed by atoms with Crippen molar-refractivity contribution in [1.82, 2.24) is 0 Å². The van der Waals surface area contributed by atoms with Crippen molar-refractivity contribution >= 4 is 25.4 Å².